The van der Waals surface area contributed by atoms with E-state index in [4.69, 9.17) is 25.1 Å². The first-order valence-corrected chi connectivity index (χ1v) is 12.9. The molecular formula is C26H38N4O10. The highest BCUT2D eigenvalue weighted by Gasteiger charge is 2.45. The van der Waals surface area contributed by atoms with Gasteiger partial charge < -0.3 is 50.8 Å². The monoisotopic (exact) mass is 566 g/mol. The number of amides is 2. The zero-order valence-corrected chi connectivity index (χ0v) is 22.6. The SMILES string of the molecule is Cc1cc(OCCC(=O)N[C@@H](CO)C(N)=O)ccc1Cc1c(OC2O[C@H](CO)[C@@H](O)[C@H](O)[C@H]2O)n[nH]c1C(C)C. The van der Waals surface area contributed by atoms with E-state index < -0.39 is 61.8 Å². The quantitative estimate of drug-likeness (QED) is 0.137. The second-order valence-corrected chi connectivity index (χ2v) is 9.96. The van der Waals surface area contributed by atoms with Crippen molar-refractivity contribution in [3.63, 3.8) is 0 Å². The van der Waals surface area contributed by atoms with Crippen molar-refractivity contribution in [2.24, 2.45) is 5.73 Å². The first kappa shape index (κ1) is 31.3. The normalized spacial score (nSPS) is 23.6. The highest BCUT2D eigenvalue weighted by Crippen LogP contribution is 2.32. The zero-order chi connectivity index (χ0) is 29.6. The lowest BCUT2D eigenvalue weighted by molar-refractivity contribution is -0.278. The number of aromatic amines is 1. The largest absolute Gasteiger partial charge is 0.493 e. The van der Waals surface area contributed by atoms with Gasteiger partial charge in [-0.3, -0.25) is 14.7 Å². The van der Waals surface area contributed by atoms with Gasteiger partial charge >= 0.3 is 0 Å². The molecule has 222 valence electrons. The summed E-state index contributed by atoms with van der Waals surface area (Å²) >= 11 is 0. The summed E-state index contributed by atoms with van der Waals surface area (Å²) in [6.07, 6.45) is -6.80. The summed E-state index contributed by atoms with van der Waals surface area (Å²) in [6, 6.07) is 4.25. The molecule has 1 fully saturated rings. The fourth-order valence-corrected chi connectivity index (χ4v) is 4.26. The van der Waals surface area contributed by atoms with Crippen LogP contribution in [0.15, 0.2) is 18.2 Å². The van der Waals surface area contributed by atoms with Gasteiger partial charge in [0.25, 0.3) is 0 Å². The van der Waals surface area contributed by atoms with E-state index in [0.717, 1.165) is 16.8 Å². The fraction of sp³-hybridized carbons (Fsp3) is 0.577. The summed E-state index contributed by atoms with van der Waals surface area (Å²) in [5.41, 5.74) is 8.39. The van der Waals surface area contributed by atoms with Gasteiger partial charge in [-0.05, 0) is 36.1 Å². The molecular weight excluding hydrogens is 528 g/mol. The van der Waals surface area contributed by atoms with Gasteiger partial charge in [0.1, 0.15) is 36.2 Å². The van der Waals surface area contributed by atoms with Crippen LogP contribution in [0.3, 0.4) is 0 Å². The van der Waals surface area contributed by atoms with Crippen LogP contribution in [0, 0.1) is 6.92 Å². The highest BCUT2D eigenvalue weighted by atomic mass is 16.7. The first-order chi connectivity index (χ1) is 19.0. The van der Waals surface area contributed by atoms with E-state index in [-0.39, 0.29) is 24.8 Å². The third-order valence-electron chi connectivity index (χ3n) is 6.66. The van der Waals surface area contributed by atoms with Gasteiger partial charge in [0.2, 0.25) is 24.0 Å². The third-order valence-corrected chi connectivity index (χ3v) is 6.66. The van der Waals surface area contributed by atoms with Crippen molar-refractivity contribution >= 4 is 11.8 Å². The van der Waals surface area contributed by atoms with Crippen LogP contribution in [-0.2, 0) is 20.7 Å². The minimum absolute atomic E-state index is 0.0395. The minimum atomic E-state index is -1.58. The number of aromatic nitrogens is 2. The predicted octanol–water partition coefficient (Wildman–Crippen LogP) is -1.66. The maximum atomic E-state index is 12.0. The van der Waals surface area contributed by atoms with E-state index in [1.54, 1.807) is 12.1 Å². The summed E-state index contributed by atoms with van der Waals surface area (Å²) in [7, 11) is 0. The average molecular weight is 567 g/mol. The van der Waals surface area contributed by atoms with Crippen molar-refractivity contribution in [3.8, 4) is 11.6 Å². The Labute approximate surface area is 231 Å². The lowest BCUT2D eigenvalue weighted by Gasteiger charge is -2.39. The van der Waals surface area contributed by atoms with Crippen LogP contribution in [0.5, 0.6) is 11.6 Å². The van der Waals surface area contributed by atoms with E-state index in [0.29, 0.717) is 17.7 Å². The van der Waals surface area contributed by atoms with Crippen LogP contribution in [0.4, 0.5) is 0 Å². The number of aliphatic hydroxyl groups is 5. The lowest BCUT2D eigenvalue weighted by atomic mass is 9.96. The van der Waals surface area contributed by atoms with Crippen molar-refractivity contribution in [1.82, 2.24) is 15.5 Å². The number of nitrogens with one attached hydrogen (secondary N) is 2. The number of nitrogens with zero attached hydrogens (tertiary/aromatic N) is 1. The van der Waals surface area contributed by atoms with Crippen LogP contribution in [0.2, 0.25) is 0 Å². The third kappa shape index (κ3) is 7.47. The molecule has 0 radical (unpaired) electrons. The number of carbonyl (C=O) groups excluding carboxylic acids is 2. The van der Waals surface area contributed by atoms with Crippen LogP contribution in [0.1, 0.15) is 48.6 Å². The number of H-pyrrole nitrogens is 1. The number of primary amides is 1. The Morgan fingerprint density at radius 3 is 2.50 bits per heavy atom. The van der Waals surface area contributed by atoms with Gasteiger partial charge in [-0.2, -0.15) is 0 Å². The number of rotatable bonds is 13. The summed E-state index contributed by atoms with van der Waals surface area (Å²) in [5, 5.41) is 58.6. The Morgan fingerprint density at radius 2 is 1.90 bits per heavy atom. The van der Waals surface area contributed by atoms with E-state index in [1.165, 1.54) is 0 Å². The van der Waals surface area contributed by atoms with Crippen LogP contribution >= 0.6 is 0 Å². The molecule has 14 heteroatoms. The van der Waals surface area contributed by atoms with E-state index in [9.17, 15) is 30.0 Å². The molecule has 6 atom stereocenters. The molecule has 1 aromatic heterocycles. The maximum Gasteiger partial charge on any atom is 0.242 e. The number of ether oxygens (including phenoxy) is 3. The van der Waals surface area contributed by atoms with Gasteiger partial charge in [-0.1, -0.05) is 19.9 Å². The van der Waals surface area contributed by atoms with Crippen molar-refractivity contribution in [2.45, 2.75) is 76.3 Å². The standard InChI is InChI=1S/C26H38N4O10/c1-12(2)20-16(25(30-29-20)40-26-23(36)22(35)21(34)18(11-32)39-26)9-14-4-5-15(8-13(14)3)38-7-6-19(33)28-17(10-31)24(27)37/h4-5,8,12,17-18,21-23,26,31-32,34-36H,6-7,9-11H2,1-3H3,(H2,27,37)(H,28,33)(H,29,30)/t17-,18+,21+,22-,23+,26?/m0/s1. The first-order valence-electron chi connectivity index (χ1n) is 12.9. The minimum Gasteiger partial charge on any atom is -0.493 e. The van der Waals surface area contributed by atoms with Gasteiger partial charge in [0.05, 0.1) is 26.2 Å². The number of aryl methyl sites for hydroxylation is 1. The predicted molar refractivity (Wildman–Crippen MR) is 139 cm³/mol. The molecule has 14 nitrogen and oxygen atoms in total. The molecule has 1 aliphatic rings. The fourth-order valence-electron chi connectivity index (χ4n) is 4.26. The Morgan fingerprint density at radius 1 is 1.18 bits per heavy atom. The summed E-state index contributed by atoms with van der Waals surface area (Å²) in [6.45, 7) is 4.71. The molecule has 0 bridgehead atoms. The van der Waals surface area contributed by atoms with E-state index in [2.05, 4.69) is 15.5 Å². The molecule has 0 spiro atoms. The smallest absolute Gasteiger partial charge is 0.242 e. The summed E-state index contributed by atoms with van der Waals surface area (Å²) < 4.78 is 17.0. The second-order valence-electron chi connectivity index (χ2n) is 9.96. The molecule has 3 rings (SSSR count). The second kappa shape index (κ2) is 13.9. The van der Waals surface area contributed by atoms with Gasteiger partial charge in [-0.25, -0.2) is 0 Å². The number of hydrogen-bond donors (Lipinski definition) is 8. The summed E-state index contributed by atoms with van der Waals surface area (Å²) in [5.74, 6) is -0.599. The van der Waals surface area contributed by atoms with Crippen molar-refractivity contribution in [3.05, 3.63) is 40.6 Å². The average Bonchev–Trinajstić information content (AvgIpc) is 3.31. The van der Waals surface area contributed by atoms with E-state index in [1.807, 2.05) is 26.8 Å². The molecule has 1 aliphatic heterocycles. The Bertz CT molecular complexity index is 1150. The molecule has 2 amide bonds. The highest BCUT2D eigenvalue weighted by molar-refractivity contribution is 5.86. The topological polar surface area (TPSA) is 230 Å². The lowest BCUT2D eigenvalue weighted by Crippen LogP contribution is -2.60. The molecule has 2 heterocycles. The number of aliphatic hydroxyl groups excluding tert-OH is 5. The molecule has 2 aromatic rings. The van der Waals surface area contributed by atoms with Gasteiger partial charge in [0.15, 0.2) is 0 Å². The van der Waals surface area contributed by atoms with Crippen LogP contribution < -0.4 is 20.5 Å². The molecule has 0 saturated carbocycles. The molecule has 1 unspecified atom stereocenters. The Kier molecular flexibility index (Phi) is 10.8. The molecule has 9 N–H and O–H groups in total. The molecule has 1 saturated heterocycles. The maximum absolute atomic E-state index is 12.0. The Hall–Kier alpha value is -3.27. The molecule has 40 heavy (non-hydrogen) atoms. The van der Waals surface area contributed by atoms with Gasteiger partial charge in [0, 0.05) is 17.7 Å². The number of nitrogens with two attached hydrogens (primary N) is 1. The number of hydrogen-bond acceptors (Lipinski definition) is 11. The van der Waals surface area contributed by atoms with Crippen molar-refractivity contribution in [2.75, 3.05) is 19.8 Å². The number of carbonyl (C=O) groups is 2. The molecule has 1 aromatic carbocycles. The van der Waals surface area contributed by atoms with Crippen LogP contribution in [-0.4, -0.2) is 104 Å². The van der Waals surface area contributed by atoms with Gasteiger partial charge in [-0.15, -0.1) is 5.10 Å². The number of benzene rings is 1. The Balaban J connectivity index is 1.69. The van der Waals surface area contributed by atoms with E-state index >= 15 is 0 Å². The zero-order valence-electron chi connectivity index (χ0n) is 22.6. The molecule has 0 aliphatic carbocycles. The van der Waals surface area contributed by atoms with Crippen molar-refractivity contribution < 1.29 is 49.3 Å². The van der Waals surface area contributed by atoms with Crippen LogP contribution in [0.25, 0.3) is 0 Å². The summed E-state index contributed by atoms with van der Waals surface area (Å²) in [4.78, 5) is 23.1. The van der Waals surface area contributed by atoms with Crippen molar-refractivity contribution in [1.29, 1.82) is 0 Å².